The van der Waals surface area contributed by atoms with Crippen molar-refractivity contribution in [2.45, 2.75) is 45.3 Å². The lowest BCUT2D eigenvalue weighted by Gasteiger charge is -2.22. The molecule has 2 aliphatic heterocycles. The molecule has 1 fully saturated rings. The zero-order valence-corrected chi connectivity index (χ0v) is 19.5. The molecule has 4 atom stereocenters. The molecular weight excluding hydrogens is 452 g/mol. The quantitative estimate of drug-likeness (QED) is 0.518. The van der Waals surface area contributed by atoms with Crippen LogP contribution in [0.3, 0.4) is 0 Å². The molecule has 0 spiro atoms. The predicted molar refractivity (Wildman–Crippen MR) is 123 cm³/mol. The minimum Gasteiger partial charge on any atom is -0.466 e. The normalized spacial score (nSPS) is 22.1. The molecule has 2 aromatic carbocycles. The molecule has 180 valence electrons. The van der Waals surface area contributed by atoms with Crippen LogP contribution in [0.25, 0.3) is 0 Å². The van der Waals surface area contributed by atoms with E-state index >= 15 is 0 Å². The molecule has 0 amide bonds. The number of carbonyl (C=O) groups excluding carboxylic acids is 2. The van der Waals surface area contributed by atoms with E-state index in [1.54, 1.807) is 35.8 Å². The van der Waals surface area contributed by atoms with Gasteiger partial charge < -0.3 is 18.9 Å². The number of carbonyl (C=O) groups is 2. The van der Waals surface area contributed by atoms with Gasteiger partial charge in [-0.1, -0.05) is 35.4 Å². The molecule has 0 unspecified atom stereocenters. The van der Waals surface area contributed by atoms with Crippen LogP contribution in [-0.4, -0.2) is 46.4 Å². The summed E-state index contributed by atoms with van der Waals surface area (Å²) < 4.78 is 25.1. The van der Waals surface area contributed by atoms with Gasteiger partial charge in [0.25, 0.3) is 5.56 Å². The van der Waals surface area contributed by atoms with Crippen molar-refractivity contribution in [3.8, 4) is 5.88 Å². The largest absolute Gasteiger partial charge is 0.466 e. The molecule has 9 heteroatoms. The second-order valence-corrected chi connectivity index (χ2v) is 8.74. The van der Waals surface area contributed by atoms with Crippen LogP contribution in [0.15, 0.2) is 59.7 Å². The molecule has 1 saturated heterocycles. The molecule has 0 N–H and O–H groups in total. The monoisotopic (exact) mass is 476 g/mol. The van der Waals surface area contributed by atoms with Gasteiger partial charge in [-0.05, 0) is 45.0 Å². The highest BCUT2D eigenvalue weighted by atomic mass is 16.7. The summed E-state index contributed by atoms with van der Waals surface area (Å²) in [5.74, 6) is -0.763. The molecule has 0 radical (unpaired) electrons. The molecule has 35 heavy (non-hydrogen) atoms. The fourth-order valence-electron chi connectivity index (χ4n) is 4.15. The van der Waals surface area contributed by atoms with E-state index in [1.807, 2.05) is 38.1 Å². The first-order valence-electron chi connectivity index (χ1n) is 11.2. The maximum Gasteiger partial charge on any atom is 0.338 e. The summed E-state index contributed by atoms with van der Waals surface area (Å²) in [5.41, 5.74) is 2.73. The Morgan fingerprint density at radius 3 is 2.17 bits per heavy atom. The van der Waals surface area contributed by atoms with Gasteiger partial charge in [-0.25, -0.2) is 9.59 Å². The van der Waals surface area contributed by atoms with Gasteiger partial charge in [-0.2, -0.15) is 4.98 Å². The average molecular weight is 476 g/mol. The van der Waals surface area contributed by atoms with E-state index in [1.165, 1.54) is 6.33 Å². The maximum absolute atomic E-state index is 12.9. The van der Waals surface area contributed by atoms with Crippen molar-refractivity contribution >= 4 is 11.9 Å². The SMILES string of the molecule is Cc1ccc(C(=O)OC[C@@H]2O[C@@H]3[C@@H](Oc4c(C)c(=O)ncn43)[C@H]2OC(=O)c2ccc(C)cc2)cc1. The van der Waals surface area contributed by atoms with Crippen molar-refractivity contribution < 1.29 is 28.5 Å². The first-order chi connectivity index (χ1) is 16.8. The molecule has 0 bridgehead atoms. The van der Waals surface area contributed by atoms with Gasteiger partial charge in [0.05, 0.1) is 16.7 Å². The Balaban J connectivity index is 1.38. The summed E-state index contributed by atoms with van der Waals surface area (Å²) in [6.45, 7) is 5.30. The fourth-order valence-corrected chi connectivity index (χ4v) is 4.15. The molecule has 3 aromatic rings. The Kier molecular flexibility index (Phi) is 5.86. The highest BCUT2D eigenvalue weighted by molar-refractivity contribution is 5.90. The van der Waals surface area contributed by atoms with Crippen molar-refractivity contribution in [1.82, 2.24) is 9.55 Å². The summed E-state index contributed by atoms with van der Waals surface area (Å²) in [6, 6.07) is 14.0. The number of rotatable bonds is 5. The van der Waals surface area contributed by atoms with Gasteiger partial charge in [0.2, 0.25) is 5.88 Å². The van der Waals surface area contributed by atoms with Crippen molar-refractivity contribution in [3.63, 3.8) is 0 Å². The molecule has 0 saturated carbocycles. The Bertz CT molecular complexity index is 1330. The van der Waals surface area contributed by atoms with E-state index < -0.39 is 42.0 Å². The van der Waals surface area contributed by atoms with E-state index in [2.05, 4.69) is 4.98 Å². The predicted octanol–water partition coefficient (Wildman–Crippen LogP) is 2.91. The lowest BCUT2D eigenvalue weighted by Crippen LogP contribution is -2.40. The smallest absolute Gasteiger partial charge is 0.338 e. The maximum atomic E-state index is 12.9. The second kappa shape index (κ2) is 8.99. The Morgan fingerprint density at radius 1 is 0.943 bits per heavy atom. The summed E-state index contributed by atoms with van der Waals surface area (Å²) in [6.07, 6.45) is -1.78. The number of nitrogens with zero attached hydrogens (tertiary/aromatic N) is 2. The van der Waals surface area contributed by atoms with Crippen molar-refractivity contribution in [3.05, 3.63) is 93.0 Å². The van der Waals surface area contributed by atoms with Crippen LogP contribution in [0.2, 0.25) is 0 Å². The van der Waals surface area contributed by atoms with Crippen LogP contribution in [0.1, 0.15) is 43.6 Å². The minimum atomic E-state index is -0.894. The number of aryl methyl sites for hydroxylation is 2. The molecule has 3 heterocycles. The topological polar surface area (TPSA) is 106 Å². The van der Waals surface area contributed by atoms with Crippen molar-refractivity contribution in [2.75, 3.05) is 6.61 Å². The van der Waals surface area contributed by atoms with Crippen LogP contribution >= 0.6 is 0 Å². The molecule has 9 nitrogen and oxygen atoms in total. The lowest BCUT2D eigenvalue weighted by molar-refractivity contribution is -0.0574. The molecule has 0 aliphatic carbocycles. The zero-order valence-electron chi connectivity index (χ0n) is 19.5. The average Bonchev–Trinajstić information content (AvgIpc) is 3.37. The van der Waals surface area contributed by atoms with Crippen LogP contribution in [0, 0.1) is 20.8 Å². The zero-order chi connectivity index (χ0) is 24.7. The van der Waals surface area contributed by atoms with E-state index in [9.17, 15) is 14.4 Å². The lowest BCUT2D eigenvalue weighted by atomic mass is 10.1. The van der Waals surface area contributed by atoms with Gasteiger partial charge in [-0.15, -0.1) is 0 Å². The number of hydrogen-bond acceptors (Lipinski definition) is 8. The molecular formula is C26H24N2O7. The fraction of sp³-hybridized carbons (Fsp3) is 0.308. The van der Waals surface area contributed by atoms with Crippen LogP contribution < -0.4 is 10.3 Å². The van der Waals surface area contributed by atoms with E-state index in [0.29, 0.717) is 22.6 Å². The molecule has 5 rings (SSSR count). The van der Waals surface area contributed by atoms with Gasteiger partial charge in [0.1, 0.15) is 19.0 Å². The van der Waals surface area contributed by atoms with Gasteiger partial charge in [0, 0.05) is 0 Å². The number of ether oxygens (including phenoxy) is 4. The standard InChI is InChI=1S/C26H24N2O7/c1-14-4-8-17(9-5-14)25(30)32-12-19-20(35-26(31)18-10-6-15(2)7-11-18)21-24(33-19)28-13-27-22(29)16(3)23(28)34-21/h4-11,13,19-21,24H,12H2,1-3H3/t19-,20-,21-,24+/m0/s1. The molecule has 1 aromatic heterocycles. The number of esters is 2. The summed E-state index contributed by atoms with van der Waals surface area (Å²) in [4.78, 5) is 41.3. The summed E-state index contributed by atoms with van der Waals surface area (Å²) >= 11 is 0. The van der Waals surface area contributed by atoms with Gasteiger partial charge >= 0.3 is 11.9 Å². The highest BCUT2D eigenvalue weighted by Gasteiger charge is 2.54. The van der Waals surface area contributed by atoms with Crippen LogP contribution in [0.5, 0.6) is 5.88 Å². The highest BCUT2D eigenvalue weighted by Crippen LogP contribution is 2.42. The number of fused-ring (bicyclic) bond motifs is 3. The van der Waals surface area contributed by atoms with Gasteiger partial charge in [0.15, 0.2) is 18.4 Å². The van der Waals surface area contributed by atoms with E-state index in [4.69, 9.17) is 18.9 Å². The number of hydrogen-bond donors (Lipinski definition) is 0. The Labute approximate surface area is 201 Å². The third-order valence-electron chi connectivity index (χ3n) is 6.18. The van der Waals surface area contributed by atoms with E-state index in [-0.39, 0.29) is 6.61 Å². The number of aromatic nitrogens is 2. The third kappa shape index (κ3) is 4.30. The first kappa shape index (κ1) is 22.8. The number of benzene rings is 2. The summed E-state index contributed by atoms with van der Waals surface area (Å²) in [5, 5.41) is 0. The van der Waals surface area contributed by atoms with Crippen LogP contribution in [0.4, 0.5) is 0 Å². The summed E-state index contributed by atoms with van der Waals surface area (Å²) in [7, 11) is 0. The third-order valence-corrected chi connectivity index (χ3v) is 6.18. The second-order valence-electron chi connectivity index (χ2n) is 8.74. The van der Waals surface area contributed by atoms with E-state index in [0.717, 1.165) is 11.1 Å². The van der Waals surface area contributed by atoms with Crippen LogP contribution in [-0.2, 0) is 14.2 Å². The minimum absolute atomic E-state index is 0.156. The van der Waals surface area contributed by atoms with Crippen molar-refractivity contribution in [1.29, 1.82) is 0 Å². The molecule has 2 aliphatic rings. The first-order valence-corrected chi connectivity index (χ1v) is 11.2. The Hall–Kier alpha value is -3.98. The Morgan fingerprint density at radius 2 is 1.54 bits per heavy atom. The van der Waals surface area contributed by atoms with Crippen molar-refractivity contribution in [2.24, 2.45) is 0 Å². The van der Waals surface area contributed by atoms with Gasteiger partial charge in [-0.3, -0.25) is 9.36 Å².